The summed E-state index contributed by atoms with van der Waals surface area (Å²) in [6.07, 6.45) is 11.1. The number of nitrogens with one attached hydrogen (secondary N) is 1. The average Bonchev–Trinajstić information content (AvgIpc) is 2.94. The Morgan fingerprint density at radius 1 is 1.19 bits per heavy atom. The summed E-state index contributed by atoms with van der Waals surface area (Å²) >= 11 is 0. The molecule has 146 valence electrons. The molecule has 3 N–H and O–H groups in total. The van der Waals surface area contributed by atoms with Gasteiger partial charge in [0, 0.05) is 0 Å². The molecular formula is C21H33NO4. The van der Waals surface area contributed by atoms with Crippen molar-refractivity contribution in [3.05, 3.63) is 11.6 Å². The van der Waals surface area contributed by atoms with E-state index in [9.17, 15) is 9.90 Å². The van der Waals surface area contributed by atoms with Gasteiger partial charge in [0.05, 0.1) is 12.2 Å². The summed E-state index contributed by atoms with van der Waals surface area (Å²) in [5, 5.41) is 19.2. The van der Waals surface area contributed by atoms with Crippen molar-refractivity contribution < 1.29 is 19.8 Å². The third-order valence-corrected chi connectivity index (χ3v) is 8.57. The van der Waals surface area contributed by atoms with E-state index in [2.05, 4.69) is 19.9 Å². The Bertz CT molecular complexity index is 605. The molecule has 26 heavy (non-hydrogen) atoms. The van der Waals surface area contributed by atoms with Gasteiger partial charge in [-0.25, -0.2) is 5.48 Å². The highest BCUT2D eigenvalue weighted by molar-refractivity contribution is 5.75. The van der Waals surface area contributed by atoms with Gasteiger partial charge in [-0.15, -0.1) is 0 Å². The van der Waals surface area contributed by atoms with Gasteiger partial charge in [0.2, 0.25) is 0 Å². The third kappa shape index (κ3) is 2.74. The first-order valence-corrected chi connectivity index (χ1v) is 10.3. The van der Waals surface area contributed by atoms with E-state index in [1.165, 1.54) is 24.8 Å². The molecule has 0 aliphatic heterocycles. The molecule has 0 heterocycles. The van der Waals surface area contributed by atoms with Crippen LogP contribution in [0, 0.1) is 28.6 Å². The van der Waals surface area contributed by atoms with Crippen LogP contribution in [0.15, 0.2) is 11.6 Å². The van der Waals surface area contributed by atoms with Crippen molar-refractivity contribution in [1.29, 1.82) is 0 Å². The predicted molar refractivity (Wildman–Crippen MR) is 97.4 cm³/mol. The molecule has 3 fully saturated rings. The van der Waals surface area contributed by atoms with Crippen LogP contribution in [0.3, 0.4) is 0 Å². The van der Waals surface area contributed by atoms with Crippen molar-refractivity contribution in [2.24, 2.45) is 28.6 Å². The summed E-state index contributed by atoms with van der Waals surface area (Å²) in [4.78, 5) is 11.2. The van der Waals surface area contributed by atoms with Gasteiger partial charge in [0.25, 0.3) is 5.91 Å². The number of aliphatic hydroxyl groups is 1. The predicted octanol–water partition coefficient (Wildman–Crippen LogP) is 3.20. The van der Waals surface area contributed by atoms with E-state index in [1.54, 1.807) is 5.48 Å². The van der Waals surface area contributed by atoms with Crippen LogP contribution in [0.1, 0.15) is 65.2 Å². The SMILES string of the molecule is C[C@]12CC[C@H]3[C@@H](CCC4=CC(OCC(=O)NO)CC[C@@]43C)[C@@H]1CC[C@@H]2O. The zero-order valence-corrected chi connectivity index (χ0v) is 16.0. The normalized spacial score (nSPS) is 47.4. The van der Waals surface area contributed by atoms with Crippen molar-refractivity contribution in [1.82, 2.24) is 5.48 Å². The Labute approximate surface area is 156 Å². The minimum absolute atomic E-state index is 0.0194. The molecular weight excluding hydrogens is 330 g/mol. The number of ether oxygens (including phenoxy) is 1. The van der Waals surface area contributed by atoms with E-state index in [0.717, 1.165) is 38.0 Å². The second-order valence-corrected chi connectivity index (χ2v) is 9.59. The van der Waals surface area contributed by atoms with Crippen LogP contribution in [0.25, 0.3) is 0 Å². The monoisotopic (exact) mass is 363 g/mol. The van der Waals surface area contributed by atoms with Crippen LogP contribution >= 0.6 is 0 Å². The van der Waals surface area contributed by atoms with Crippen molar-refractivity contribution in [2.75, 3.05) is 6.61 Å². The topological polar surface area (TPSA) is 78.8 Å². The summed E-state index contributed by atoms with van der Waals surface area (Å²) < 4.78 is 5.68. The lowest BCUT2D eigenvalue weighted by molar-refractivity contribution is -0.135. The number of carbonyl (C=O) groups excluding carboxylic acids is 1. The van der Waals surface area contributed by atoms with Crippen LogP contribution in [-0.2, 0) is 9.53 Å². The van der Waals surface area contributed by atoms with E-state index in [0.29, 0.717) is 11.8 Å². The van der Waals surface area contributed by atoms with E-state index in [4.69, 9.17) is 9.94 Å². The molecule has 1 unspecified atom stereocenters. The second kappa shape index (κ2) is 6.61. The second-order valence-electron chi connectivity index (χ2n) is 9.59. The van der Waals surface area contributed by atoms with Crippen molar-refractivity contribution in [3.8, 4) is 0 Å². The van der Waals surface area contributed by atoms with E-state index in [-0.39, 0.29) is 29.6 Å². The van der Waals surface area contributed by atoms with Crippen LogP contribution in [-0.4, -0.2) is 35.0 Å². The summed E-state index contributed by atoms with van der Waals surface area (Å²) in [6.45, 7) is 4.68. The number of carbonyl (C=O) groups is 1. The van der Waals surface area contributed by atoms with Gasteiger partial charge >= 0.3 is 0 Å². The first-order valence-electron chi connectivity index (χ1n) is 10.3. The summed E-state index contributed by atoms with van der Waals surface area (Å²) in [5.41, 5.74) is 3.53. The van der Waals surface area contributed by atoms with Gasteiger partial charge in [-0.2, -0.15) is 0 Å². The molecule has 0 aromatic carbocycles. The number of hydrogen-bond acceptors (Lipinski definition) is 4. The number of rotatable bonds is 3. The Kier molecular flexibility index (Phi) is 4.69. The Morgan fingerprint density at radius 3 is 2.77 bits per heavy atom. The maximum absolute atomic E-state index is 11.2. The van der Waals surface area contributed by atoms with Gasteiger partial charge in [-0.3, -0.25) is 10.0 Å². The number of fused-ring (bicyclic) bond motifs is 5. The number of hydrogen-bond donors (Lipinski definition) is 3. The highest BCUT2D eigenvalue weighted by Crippen LogP contribution is 2.65. The van der Waals surface area contributed by atoms with Crippen LogP contribution in [0.5, 0.6) is 0 Å². The lowest BCUT2D eigenvalue weighted by Crippen LogP contribution is -2.51. The maximum atomic E-state index is 11.2. The molecule has 7 atom stereocenters. The first-order chi connectivity index (χ1) is 12.4. The maximum Gasteiger partial charge on any atom is 0.269 e. The lowest BCUT2D eigenvalue weighted by Gasteiger charge is -2.58. The quantitative estimate of drug-likeness (QED) is 0.409. The van der Waals surface area contributed by atoms with Gasteiger partial charge in [0.15, 0.2) is 0 Å². The zero-order valence-electron chi connectivity index (χ0n) is 16.0. The van der Waals surface area contributed by atoms with Crippen LogP contribution < -0.4 is 5.48 Å². The summed E-state index contributed by atoms with van der Waals surface area (Å²) in [7, 11) is 0. The molecule has 5 nitrogen and oxygen atoms in total. The fourth-order valence-corrected chi connectivity index (χ4v) is 7.02. The molecule has 0 saturated heterocycles. The number of allylic oxidation sites excluding steroid dienone is 1. The van der Waals surface area contributed by atoms with E-state index >= 15 is 0 Å². The van der Waals surface area contributed by atoms with E-state index in [1.807, 2.05) is 0 Å². The van der Waals surface area contributed by atoms with Gasteiger partial charge in [-0.1, -0.05) is 25.5 Å². The number of hydroxylamine groups is 1. The van der Waals surface area contributed by atoms with Crippen molar-refractivity contribution in [2.45, 2.75) is 77.4 Å². The largest absolute Gasteiger partial charge is 0.393 e. The highest BCUT2D eigenvalue weighted by Gasteiger charge is 2.58. The molecule has 0 spiro atoms. The standard InChI is InChI=1S/C21H33NO4/c1-20-9-7-14(26-12-19(24)22-25)11-13(20)3-4-15-16-5-6-18(23)21(16,2)10-8-17(15)20/h11,14-18,23,25H,3-10,12H2,1-2H3,(H,22,24)/t14?,15-,16-,17-,18-,20-,21-/m0/s1. The zero-order chi connectivity index (χ0) is 18.5. The van der Waals surface area contributed by atoms with Crippen molar-refractivity contribution in [3.63, 3.8) is 0 Å². The fourth-order valence-electron chi connectivity index (χ4n) is 7.02. The number of aliphatic hydroxyl groups excluding tert-OH is 1. The van der Waals surface area contributed by atoms with Gasteiger partial charge < -0.3 is 9.84 Å². The molecule has 4 aliphatic carbocycles. The lowest BCUT2D eigenvalue weighted by atomic mass is 9.47. The molecule has 4 aliphatic rings. The third-order valence-electron chi connectivity index (χ3n) is 8.57. The van der Waals surface area contributed by atoms with Crippen LogP contribution in [0.2, 0.25) is 0 Å². The van der Waals surface area contributed by atoms with E-state index < -0.39 is 5.91 Å². The molecule has 0 radical (unpaired) electrons. The smallest absolute Gasteiger partial charge is 0.269 e. The number of amides is 1. The molecule has 1 amide bonds. The molecule has 0 aromatic heterocycles. The summed E-state index contributed by atoms with van der Waals surface area (Å²) in [5.74, 6) is 1.64. The van der Waals surface area contributed by atoms with Crippen LogP contribution in [0.4, 0.5) is 0 Å². The molecule has 3 saturated carbocycles. The Morgan fingerprint density at radius 2 is 2.00 bits per heavy atom. The fraction of sp³-hybridized carbons (Fsp3) is 0.857. The minimum atomic E-state index is -0.494. The summed E-state index contributed by atoms with van der Waals surface area (Å²) in [6, 6.07) is 0. The molecule has 4 rings (SSSR count). The highest BCUT2D eigenvalue weighted by atomic mass is 16.5. The Hall–Kier alpha value is -0.910. The minimum Gasteiger partial charge on any atom is -0.393 e. The average molecular weight is 363 g/mol. The Balaban J connectivity index is 1.51. The molecule has 5 heteroatoms. The van der Waals surface area contributed by atoms with Gasteiger partial charge in [0.1, 0.15) is 6.61 Å². The molecule has 0 aromatic rings. The molecule has 0 bridgehead atoms. The first kappa shape index (κ1) is 18.5. The van der Waals surface area contributed by atoms with Gasteiger partial charge in [-0.05, 0) is 80.0 Å². The van der Waals surface area contributed by atoms with Crippen molar-refractivity contribution >= 4 is 5.91 Å².